The molecule has 2 aromatic rings. The van der Waals surface area contributed by atoms with Crippen LogP contribution in [0.1, 0.15) is 32.6 Å². The van der Waals surface area contributed by atoms with Gasteiger partial charge in [-0.05, 0) is 30.7 Å². The second-order valence-corrected chi connectivity index (χ2v) is 4.33. The summed E-state index contributed by atoms with van der Waals surface area (Å²) in [4.78, 5) is 6.92. The van der Waals surface area contributed by atoms with Crippen LogP contribution in [0.4, 0.5) is 0 Å². The van der Waals surface area contributed by atoms with E-state index in [1.807, 2.05) is 30.5 Å². The van der Waals surface area contributed by atoms with Crippen molar-refractivity contribution >= 4 is 0 Å². The van der Waals surface area contributed by atoms with Crippen molar-refractivity contribution in [1.82, 2.24) is 9.97 Å². The maximum atomic E-state index is 5.69. The van der Waals surface area contributed by atoms with Crippen molar-refractivity contribution in [3.63, 3.8) is 0 Å². The van der Waals surface area contributed by atoms with E-state index in [0.29, 0.717) is 0 Å². The Morgan fingerprint density at radius 2 is 2.00 bits per heavy atom. The zero-order valence-electron chi connectivity index (χ0n) is 10.8. The fourth-order valence-corrected chi connectivity index (χ4v) is 1.81. The molecule has 2 rings (SSSR count). The predicted octanol–water partition coefficient (Wildman–Crippen LogP) is 3.84. The molecule has 95 valence electrons. The van der Waals surface area contributed by atoms with E-state index in [9.17, 15) is 0 Å². The second-order valence-electron chi connectivity index (χ2n) is 4.33. The molecule has 0 bridgehead atoms. The third-order valence-corrected chi connectivity index (χ3v) is 2.87. The number of nitrogens with one attached hydrogen (secondary N) is 1. The molecule has 3 heteroatoms. The normalized spacial score (nSPS) is 10.5. The molecule has 0 unspecified atom stereocenters. The first-order valence-corrected chi connectivity index (χ1v) is 6.55. The number of unbranched alkanes of at least 4 members (excludes halogenated alkanes) is 3. The van der Waals surface area contributed by atoms with Crippen LogP contribution in [0.5, 0.6) is 5.75 Å². The van der Waals surface area contributed by atoms with Crippen molar-refractivity contribution < 1.29 is 4.74 Å². The SMILES string of the molecule is CCCCCCOc1ccc(-c2c[nH][c]n2)cc1. The first-order valence-electron chi connectivity index (χ1n) is 6.55. The van der Waals surface area contributed by atoms with Crippen LogP contribution in [0.3, 0.4) is 0 Å². The fraction of sp³-hybridized carbons (Fsp3) is 0.400. The van der Waals surface area contributed by atoms with Crippen LogP contribution in [0.2, 0.25) is 0 Å². The van der Waals surface area contributed by atoms with E-state index in [4.69, 9.17) is 4.74 Å². The highest BCUT2D eigenvalue weighted by Gasteiger charge is 2.00. The molecular formula is C15H19N2O. The lowest BCUT2D eigenvalue weighted by Gasteiger charge is -2.06. The van der Waals surface area contributed by atoms with Crippen molar-refractivity contribution in [2.75, 3.05) is 6.61 Å². The summed E-state index contributed by atoms with van der Waals surface area (Å²) >= 11 is 0. The Morgan fingerprint density at radius 1 is 1.17 bits per heavy atom. The van der Waals surface area contributed by atoms with E-state index in [1.54, 1.807) is 0 Å². The van der Waals surface area contributed by atoms with Gasteiger partial charge < -0.3 is 9.72 Å². The Labute approximate surface area is 108 Å². The van der Waals surface area contributed by atoms with Crippen LogP contribution in [0.25, 0.3) is 11.3 Å². The first-order chi connectivity index (χ1) is 8.90. The van der Waals surface area contributed by atoms with Gasteiger partial charge in [-0.3, -0.25) is 0 Å². The van der Waals surface area contributed by atoms with Crippen molar-refractivity contribution in [3.8, 4) is 17.0 Å². The quantitative estimate of drug-likeness (QED) is 0.750. The van der Waals surface area contributed by atoms with Gasteiger partial charge in [-0.15, -0.1) is 0 Å². The van der Waals surface area contributed by atoms with E-state index in [0.717, 1.165) is 30.0 Å². The molecule has 1 aromatic carbocycles. The summed E-state index contributed by atoms with van der Waals surface area (Å²) in [5.41, 5.74) is 1.98. The lowest BCUT2D eigenvalue weighted by Crippen LogP contribution is -1.96. The molecule has 0 aliphatic carbocycles. The third kappa shape index (κ3) is 3.62. The van der Waals surface area contributed by atoms with Crippen LogP contribution in [0.15, 0.2) is 30.5 Å². The summed E-state index contributed by atoms with van der Waals surface area (Å²) < 4.78 is 5.69. The topological polar surface area (TPSA) is 37.9 Å². The molecule has 0 saturated carbocycles. The highest BCUT2D eigenvalue weighted by Crippen LogP contribution is 2.20. The van der Waals surface area contributed by atoms with Crippen molar-refractivity contribution in [2.45, 2.75) is 32.6 Å². The van der Waals surface area contributed by atoms with Gasteiger partial charge in [0.2, 0.25) is 0 Å². The summed E-state index contributed by atoms with van der Waals surface area (Å²) in [5.74, 6) is 0.926. The van der Waals surface area contributed by atoms with Gasteiger partial charge in [0, 0.05) is 11.8 Å². The smallest absolute Gasteiger partial charge is 0.174 e. The van der Waals surface area contributed by atoms with Gasteiger partial charge >= 0.3 is 0 Å². The molecule has 0 fully saturated rings. The van der Waals surface area contributed by atoms with Crippen LogP contribution in [-0.4, -0.2) is 16.6 Å². The van der Waals surface area contributed by atoms with E-state index in [-0.39, 0.29) is 0 Å². The molecule has 3 nitrogen and oxygen atoms in total. The van der Waals surface area contributed by atoms with Gasteiger partial charge in [-0.25, -0.2) is 4.98 Å². The molecule has 0 aliphatic rings. The molecule has 1 N–H and O–H groups in total. The Morgan fingerprint density at radius 3 is 2.67 bits per heavy atom. The summed E-state index contributed by atoms with van der Waals surface area (Å²) in [5, 5.41) is 0. The minimum absolute atomic E-state index is 0.801. The number of hydrogen-bond donors (Lipinski definition) is 1. The standard InChI is InChI=1S/C15H19N2O/c1-2-3-4-5-10-18-14-8-6-13(7-9-14)15-11-16-12-17-15/h6-9,11H,2-5,10H2,1H3,(H,16,17). The van der Waals surface area contributed by atoms with Crippen molar-refractivity contribution in [2.24, 2.45) is 0 Å². The van der Waals surface area contributed by atoms with Gasteiger partial charge in [0.15, 0.2) is 6.33 Å². The summed E-state index contributed by atoms with van der Waals surface area (Å²) in [6.07, 6.45) is 9.45. The summed E-state index contributed by atoms with van der Waals surface area (Å²) in [6, 6.07) is 8.02. The number of ether oxygens (including phenoxy) is 1. The molecule has 0 amide bonds. The van der Waals surface area contributed by atoms with Gasteiger partial charge in [0.05, 0.1) is 12.3 Å². The molecule has 1 aromatic heterocycles. The van der Waals surface area contributed by atoms with E-state index < -0.39 is 0 Å². The number of aromatic nitrogens is 2. The zero-order chi connectivity index (χ0) is 12.6. The molecule has 0 saturated heterocycles. The number of rotatable bonds is 7. The van der Waals surface area contributed by atoms with Crippen LogP contribution in [0, 0.1) is 6.33 Å². The molecule has 18 heavy (non-hydrogen) atoms. The Balaban J connectivity index is 1.81. The van der Waals surface area contributed by atoms with Crippen LogP contribution in [-0.2, 0) is 0 Å². The maximum Gasteiger partial charge on any atom is 0.174 e. The monoisotopic (exact) mass is 243 g/mol. The average Bonchev–Trinajstić information content (AvgIpc) is 2.93. The van der Waals surface area contributed by atoms with E-state index in [2.05, 4.69) is 23.2 Å². The maximum absolute atomic E-state index is 5.69. The largest absolute Gasteiger partial charge is 0.494 e. The summed E-state index contributed by atoms with van der Waals surface area (Å²) in [6.45, 7) is 3.02. The fourth-order valence-electron chi connectivity index (χ4n) is 1.81. The molecular weight excluding hydrogens is 224 g/mol. The summed E-state index contributed by atoms with van der Waals surface area (Å²) in [7, 11) is 0. The van der Waals surface area contributed by atoms with Gasteiger partial charge in [0.1, 0.15) is 5.75 Å². The molecule has 0 atom stereocenters. The highest BCUT2D eigenvalue weighted by molar-refractivity contribution is 5.58. The van der Waals surface area contributed by atoms with Gasteiger partial charge in [-0.1, -0.05) is 26.2 Å². The molecule has 0 aliphatic heterocycles. The van der Waals surface area contributed by atoms with E-state index in [1.165, 1.54) is 19.3 Å². The number of nitrogens with zero attached hydrogens (tertiary/aromatic N) is 1. The van der Waals surface area contributed by atoms with Gasteiger partial charge in [0.25, 0.3) is 0 Å². The Hall–Kier alpha value is -1.77. The highest BCUT2D eigenvalue weighted by atomic mass is 16.5. The minimum Gasteiger partial charge on any atom is -0.494 e. The number of benzene rings is 1. The lowest BCUT2D eigenvalue weighted by atomic mass is 10.1. The second kappa shape index (κ2) is 6.84. The van der Waals surface area contributed by atoms with Crippen LogP contribution < -0.4 is 4.74 Å². The van der Waals surface area contributed by atoms with Crippen molar-refractivity contribution in [3.05, 3.63) is 36.8 Å². The Bertz CT molecular complexity index is 434. The van der Waals surface area contributed by atoms with Crippen molar-refractivity contribution in [1.29, 1.82) is 0 Å². The van der Waals surface area contributed by atoms with Gasteiger partial charge in [-0.2, -0.15) is 0 Å². The minimum atomic E-state index is 0.801. The molecule has 1 radical (unpaired) electrons. The van der Waals surface area contributed by atoms with Crippen LogP contribution >= 0.6 is 0 Å². The molecule has 0 spiro atoms. The Kier molecular flexibility index (Phi) is 4.82. The number of aromatic amines is 1. The van der Waals surface area contributed by atoms with E-state index >= 15 is 0 Å². The number of hydrogen-bond acceptors (Lipinski definition) is 2. The molecule has 1 heterocycles. The first kappa shape index (κ1) is 12.7. The third-order valence-electron chi connectivity index (χ3n) is 2.87. The number of imidazole rings is 1. The zero-order valence-corrected chi connectivity index (χ0v) is 10.8. The lowest BCUT2D eigenvalue weighted by molar-refractivity contribution is 0.305. The number of H-pyrrole nitrogens is 1. The average molecular weight is 243 g/mol. The predicted molar refractivity (Wildman–Crippen MR) is 72.5 cm³/mol.